The fourth-order valence-electron chi connectivity index (χ4n) is 5.07. The predicted octanol–water partition coefficient (Wildman–Crippen LogP) is 9.81. The van der Waals surface area contributed by atoms with E-state index in [2.05, 4.69) is 81.1 Å². The first-order valence-electron chi connectivity index (χ1n) is 16.1. The molecule has 0 aromatic heterocycles. The van der Waals surface area contributed by atoms with Crippen LogP contribution in [-0.4, -0.2) is 43.3 Å². The number of alkyl halides is 2. The third kappa shape index (κ3) is 9.56. The molecule has 0 atom stereocenters. The van der Waals surface area contributed by atoms with E-state index in [0.717, 1.165) is 97.2 Å². The van der Waals surface area contributed by atoms with Crippen LogP contribution in [-0.2, 0) is 9.31 Å². The number of rotatable bonds is 18. The van der Waals surface area contributed by atoms with E-state index < -0.39 is 7.12 Å². The van der Waals surface area contributed by atoms with Gasteiger partial charge in [-0.05, 0) is 120 Å². The van der Waals surface area contributed by atoms with Crippen molar-refractivity contribution in [3.05, 3.63) is 72.8 Å². The van der Waals surface area contributed by atoms with Crippen molar-refractivity contribution in [1.82, 2.24) is 0 Å². The van der Waals surface area contributed by atoms with Crippen LogP contribution in [0.5, 0.6) is 11.5 Å². The first-order valence-corrected chi connectivity index (χ1v) is 17.1. The molecule has 1 aliphatic rings. The number of anilines is 3. The number of halogens is 2. The molecule has 0 saturated carbocycles. The van der Waals surface area contributed by atoms with E-state index in [4.69, 9.17) is 42.0 Å². The fraction of sp³-hybridized carbons (Fsp3) is 0.500. The second-order valence-corrected chi connectivity index (χ2v) is 13.2. The summed E-state index contributed by atoms with van der Waals surface area (Å²) in [7, 11) is -0.403. The van der Waals surface area contributed by atoms with E-state index in [1.165, 1.54) is 0 Å². The van der Waals surface area contributed by atoms with Crippen molar-refractivity contribution < 1.29 is 18.8 Å². The lowest BCUT2D eigenvalue weighted by atomic mass is 9.79. The van der Waals surface area contributed by atoms with Crippen LogP contribution in [0.3, 0.4) is 0 Å². The number of ether oxygens (including phenoxy) is 2. The van der Waals surface area contributed by atoms with Crippen LogP contribution in [0, 0.1) is 0 Å². The van der Waals surface area contributed by atoms with Crippen molar-refractivity contribution in [2.24, 2.45) is 0 Å². The number of nitrogens with zero attached hydrogens (tertiary/aromatic N) is 1. The molecule has 1 aliphatic heterocycles. The average Bonchev–Trinajstić information content (AvgIpc) is 3.24. The van der Waals surface area contributed by atoms with E-state index in [1.54, 1.807) is 0 Å². The Hall–Kier alpha value is -2.38. The average molecular weight is 641 g/mol. The minimum atomic E-state index is -0.403. The molecule has 5 nitrogen and oxygen atoms in total. The molecule has 1 saturated heterocycles. The molecule has 4 rings (SSSR count). The SMILES string of the molecule is CC1(C)OB(c2ccc(N(c3ccc(OCCCCCCCl)cc3)c3ccc(OCCCCCCCl)cc3)cc2)OC1(C)C. The zero-order valence-electron chi connectivity index (χ0n) is 26.8. The third-order valence-electron chi connectivity index (χ3n) is 8.46. The minimum Gasteiger partial charge on any atom is -0.494 e. The highest BCUT2D eigenvalue weighted by Gasteiger charge is 2.51. The maximum Gasteiger partial charge on any atom is 0.494 e. The van der Waals surface area contributed by atoms with Crippen LogP contribution in [0.2, 0.25) is 0 Å². The molecule has 238 valence electrons. The van der Waals surface area contributed by atoms with Gasteiger partial charge in [-0.15, -0.1) is 23.2 Å². The summed E-state index contributed by atoms with van der Waals surface area (Å²) < 4.78 is 24.6. The van der Waals surface area contributed by atoms with Gasteiger partial charge >= 0.3 is 7.12 Å². The fourth-order valence-corrected chi connectivity index (χ4v) is 5.45. The first-order chi connectivity index (χ1) is 21.2. The molecule has 3 aromatic carbocycles. The normalized spacial score (nSPS) is 15.4. The van der Waals surface area contributed by atoms with E-state index in [-0.39, 0.29) is 11.2 Å². The van der Waals surface area contributed by atoms with E-state index in [9.17, 15) is 0 Å². The summed E-state index contributed by atoms with van der Waals surface area (Å²) in [5.74, 6) is 3.20. The van der Waals surface area contributed by atoms with Gasteiger partial charge in [0.2, 0.25) is 0 Å². The van der Waals surface area contributed by atoms with Crippen LogP contribution >= 0.6 is 23.2 Å². The second-order valence-electron chi connectivity index (χ2n) is 12.4. The van der Waals surface area contributed by atoms with Gasteiger partial charge in [-0.25, -0.2) is 0 Å². The number of hydrogen-bond acceptors (Lipinski definition) is 5. The lowest BCUT2D eigenvalue weighted by molar-refractivity contribution is 0.00578. The van der Waals surface area contributed by atoms with Gasteiger partial charge in [0.05, 0.1) is 24.4 Å². The van der Waals surface area contributed by atoms with Gasteiger partial charge in [0.15, 0.2) is 0 Å². The van der Waals surface area contributed by atoms with Crippen molar-refractivity contribution in [1.29, 1.82) is 0 Å². The van der Waals surface area contributed by atoms with Crippen LogP contribution in [0.25, 0.3) is 0 Å². The number of unbranched alkanes of at least 4 members (excludes halogenated alkanes) is 6. The van der Waals surface area contributed by atoms with Gasteiger partial charge in [-0.1, -0.05) is 37.8 Å². The van der Waals surface area contributed by atoms with Crippen LogP contribution < -0.4 is 19.8 Å². The quantitative estimate of drug-likeness (QED) is 0.0787. The van der Waals surface area contributed by atoms with Crippen molar-refractivity contribution in [3.8, 4) is 11.5 Å². The molecule has 0 unspecified atom stereocenters. The van der Waals surface area contributed by atoms with Crippen LogP contribution in [0.1, 0.15) is 79.1 Å². The molecule has 1 fully saturated rings. The van der Waals surface area contributed by atoms with Gasteiger partial charge < -0.3 is 23.7 Å². The summed E-state index contributed by atoms with van der Waals surface area (Å²) in [5.41, 5.74) is 3.34. The summed E-state index contributed by atoms with van der Waals surface area (Å²) >= 11 is 11.6. The minimum absolute atomic E-state index is 0.385. The lowest BCUT2D eigenvalue weighted by Crippen LogP contribution is -2.41. The third-order valence-corrected chi connectivity index (χ3v) is 8.99. The molecule has 0 N–H and O–H groups in total. The molecule has 0 radical (unpaired) electrons. The summed E-state index contributed by atoms with van der Waals surface area (Å²) in [6.07, 6.45) is 8.74. The van der Waals surface area contributed by atoms with E-state index >= 15 is 0 Å². The highest BCUT2D eigenvalue weighted by molar-refractivity contribution is 6.62. The lowest BCUT2D eigenvalue weighted by Gasteiger charge is -2.32. The van der Waals surface area contributed by atoms with Crippen molar-refractivity contribution in [3.63, 3.8) is 0 Å². The van der Waals surface area contributed by atoms with Gasteiger partial charge in [-0.3, -0.25) is 0 Å². The molecule has 0 spiro atoms. The van der Waals surface area contributed by atoms with Crippen molar-refractivity contribution in [2.45, 2.75) is 90.3 Å². The molecule has 3 aromatic rings. The Labute approximate surface area is 275 Å². The smallest absolute Gasteiger partial charge is 0.494 e. The van der Waals surface area contributed by atoms with Gasteiger partial charge in [0, 0.05) is 28.8 Å². The van der Waals surface area contributed by atoms with E-state index in [1.807, 2.05) is 24.3 Å². The van der Waals surface area contributed by atoms with Gasteiger partial charge in [-0.2, -0.15) is 0 Å². The van der Waals surface area contributed by atoms with Gasteiger partial charge in [0.25, 0.3) is 0 Å². The van der Waals surface area contributed by atoms with Crippen LogP contribution in [0.15, 0.2) is 72.8 Å². The molecule has 0 aliphatic carbocycles. The largest absolute Gasteiger partial charge is 0.494 e. The zero-order valence-corrected chi connectivity index (χ0v) is 28.3. The standard InChI is InChI=1S/C36H48BCl2NO4/c1-35(2)36(3,4)44-37(43-35)29-13-15-30(16-14-29)40(31-17-21-33(22-18-31)41-27-11-7-5-9-25-38)32-19-23-34(24-20-32)42-28-12-8-6-10-26-39/h13-24H,5-12,25-28H2,1-4H3. The summed E-state index contributed by atoms with van der Waals surface area (Å²) in [5, 5.41) is 0. The van der Waals surface area contributed by atoms with Gasteiger partial charge in [0.1, 0.15) is 11.5 Å². The molecule has 0 amide bonds. The number of benzene rings is 3. The van der Waals surface area contributed by atoms with E-state index in [0.29, 0.717) is 13.2 Å². The molecule has 44 heavy (non-hydrogen) atoms. The molecule has 0 bridgehead atoms. The van der Waals surface area contributed by atoms with Crippen molar-refractivity contribution in [2.75, 3.05) is 29.9 Å². The highest BCUT2D eigenvalue weighted by atomic mass is 35.5. The molecule has 8 heteroatoms. The predicted molar refractivity (Wildman–Crippen MR) is 186 cm³/mol. The Morgan fingerprint density at radius 1 is 0.545 bits per heavy atom. The van der Waals surface area contributed by atoms with Crippen molar-refractivity contribution >= 4 is 52.8 Å². The Morgan fingerprint density at radius 3 is 1.30 bits per heavy atom. The Morgan fingerprint density at radius 2 is 0.909 bits per heavy atom. The monoisotopic (exact) mass is 639 g/mol. The summed E-state index contributed by atoms with van der Waals surface area (Å²) in [6.45, 7) is 9.72. The molecular formula is C36H48BCl2NO4. The first kappa shape index (κ1) is 34.5. The Bertz CT molecular complexity index is 1180. The molecule has 1 heterocycles. The van der Waals surface area contributed by atoms with Crippen LogP contribution in [0.4, 0.5) is 17.1 Å². The maximum atomic E-state index is 6.29. The topological polar surface area (TPSA) is 40.2 Å². The highest BCUT2D eigenvalue weighted by Crippen LogP contribution is 2.38. The summed E-state index contributed by atoms with van der Waals surface area (Å²) in [4.78, 5) is 2.24. The number of hydrogen-bond donors (Lipinski definition) is 0. The zero-order chi connectivity index (χ0) is 31.4. The summed E-state index contributed by atoms with van der Waals surface area (Å²) in [6, 6.07) is 25.0. The Kier molecular flexibility index (Phi) is 13.2. The second kappa shape index (κ2) is 16.8. The maximum absolute atomic E-state index is 6.29. The molecular weight excluding hydrogens is 592 g/mol. The Balaban J connectivity index is 1.49.